The van der Waals surface area contributed by atoms with Gasteiger partial charge < -0.3 is 14.3 Å². The molecule has 0 aliphatic carbocycles. The molecule has 1 aliphatic rings. The van der Waals surface area contributed by atoms with Crippen LogP contribution in [0.3, 0.4) is 0 Å². The number of carbonyl (C=O) groups excluding carboxylic acids is 2. The van der Waals surface area contributed by atoms with E-state index in [0.717, 1.165) is 0 Å². The molecule has 0 radical (unpaired) electrons. The number of carbonyl (C=O) groups is 2. The lowest BCUT2D eigenvalue weighted by Crippen LogP contribution is -2.50. The zero-order valence-corrected chi connectivity index (χ0v) is 12.7. The fourth-order valence-corrected chi connectivity index (χ4v) is 2.52. The summed E-state index contributed by atoms with van der Waals surface area (Å²) < 4.78 is 17.8. The topological polar surface area (TPSA) is 66.7 Å². The van der Waals surface area contributed by atoms with Crippen LogP contribution in [0.15, 0.2) is 34.9 Å². The number of halogens is 1. The van der Waals surface area contributed by atoms with Crippen molar-refractivity contribution in [2.75, 3.05) is 26.2 Å². The van der Waals surface area contributed by atoms with E-state index in [1.807, 2.05) is 0 Å². The summed E-state index contributed by atoms with van der Waals surface area (Å²) in [6.45, 7) is 3.44. The molecule has 7 heteroatoms. The summed E-state index contributed by atoms with van der Waals surface area (Å²) in [5, 5.41) is 3.72. The highest BCUT2D eigenvalue weighted by molar-refractivity contribution is 5.95. The molecule has 1 aromatic carbocycles. The number of aromatic nitrogens is 1. The van der Waals surface area contributed by atoms with Crippen LogP contribution in [0, 0.1) is 12.7 Å². The van der Waals surface area contributed by atoms with Gasteiger partial charge in [-0.25, -0.2) is 4.39 Å². The predicted octanol–water partition coefficient (Wildman–Crippen LogP) is 1.72. The maximum absolute atomic E-state index is 12.9. The third kappa shape index (κ3) is 3.23. The monoisotopic (exact) mass is 317 g/mol. The molecule has 0 saturated carbocycles. The van der Waals surface area contributed by atoms with Crippen molar-refractivity contribution in [3.05, 3.63) is 53.2 Å². The second-order valence-electron chi connectivity index (χ2n) is 5.41. The van der Waals surface area contributed by atoms with E-state index < -0.39 is 0 Å². The first kappa shape index (κ1) is 15.2. The lowest BCUT2D eigenvalue weighted by atomic mass is 10.1. The minimum Gasteiger partial charge on any atom is -0.361 e. The fourth-order valence-electron chi connectivity index (χ4n) is 2.52. The van der Waals surface area contributed by atoms with Gasteiger partial charge in [-0.15, -0.1) is 0 Å². The number of nitrogens with zero attached hydrogens (tertiary/aromatic N) is 3. The quantitative estimate of drug-likeness (QED) is 0.846. The SMILES string of the molecule is Cc1cc(C(=O)N2CCN(C(=O)c3ccc(F)cc3)CC2)no1. The van der Waals surface area contributed by atoms with E-state index in [1.165, 1.54) is 24.3 Å². The van der Waals surface area contributed by atoms with E-state index in [1.54, 1.807) is 22.8 Å². The smallest absolute Gasteiger partial charge is 0.276 e. The van der Waals surface area contributed by atoms with E-state index in [-0.39, 0.29) is 23.3 Å². The normalized spacial score (nSPS) is 14.9. The first-order valence-electron chi connectivity index (χ1n) is 7.32. The van der Waals surface area contributed by atoms with Crippen molar-refractivity contribution in [2.45, 2.75) is 6.92 Å². The molecule has 1 fully saturated rings. The number of amides is 2. The van der Waals surface area contributed by atoms with Crippen molar-refractivity contribution in [3.8, 4) is 0 Å². The third-order valence-electron chi connectivity index (χ3n) is 3.79. The maximum Gasteiger partial charge on any atom is 0.276 e. The average Bonchev–Trinajstić information content (AvgIpc) is 3.01. The Balaban J connectivity index is 1.61. The van der Waals surface area contributed by atoms with Crippen molar-refractivity contribution in [1.82, 2.24) is 15.0 Å². The molecule has 2 aromatic rings. The number of benzene rings is 1. The average molecular weight is 317 g/mol. The van der Waals surface area contributed by atoms with Gasteiger partial charge >= 0.3 is 0 Å². The fraction of sp³-hybridized carbons (Fsp3) is 0.312. The molecule has 120 valence electrons. The largest absolute Gasteiger partial charge is 0.361 e. The highest BCUT2D eigenvalue weighted by Crippen LogP contribution is 2.12. The summed E-state index contributed by atoms with van der Waals surface area (Å²) in [4.78, 5) is 27.9. The van der Waals surface area contributed by atoms with Crippen LogP contribution in [-0.2, 0) is 0 Å². The first-order valence-corrected chi connectivity index (χ1v) is 7.32. The number of piperazine rings is 1. The molecule has 6 nitrogen and oxygen atoms in total. The van der Waals surface area contributed by atoms with Gasteiger partial charge in [0.1, 0.15) is 11.6 Å². The standard InChI is InChI=1S/C16H16FN3O3/c1-11-10-14(18-23-11)16(22)20-8-6-19(7-9-20)15(21)12-2-4-13(17)5-3-12/h2-5,10H,6-9H2,1H3. The summed E-state index contributed by atoms with van der Waals surface area (Å²) in [6, 6.07) is 7.05. The van der Waals surface area contributed by atoms with Crippen LogP contribution in [0.1, 0.15) is 26.6 Å². The van der Waals surface area contributed by atoms with Gasteiger partial charge in [0.2, 0.25) is 0 Å². The van der Waals surface area contributed by atoms with E-state index in [2.05, 4.69) is 5.16 Å². The van der Waals surface area contributed by atoms with Gasteiger partial charge in [-0.2, -0.15) is 0 Å². The van der Waals surface area contributed by atoms with Crippen molar-refractivity contribution in [3.63, 3.8) is 0 Å². The summed E-state index contributed by atoms with van der Waals surface area (Å²) in [6.07, 6.45) is 0. The summed E-state index contributed by atoms with van der Waals surface area (Å²) in [7, 11) is 0. The summed E-state index contributed by atoms with van der Waals surface area (Å²) in [5.41, 5.74) is 0.721. The van der Waals surface area contributed by atoms with Crippen LogP contribution in [-0.4, -0.2) is 52.9 Å². The Labute approximate surface area is 132 Å². The highest BCUT2D eigenvalue weighted by atomic mass is 19.1. The van der Waals surface area contributed by atoms with E-state index in [9.17, 15) is 14.0 Å². The number of hydrogen-bond donors (Lipinski definition) is 0. The first-order chi connectivity index (χ1) is 11.0. The molecule has 2 heterocycles. The van der Waals surface area contributed by atoms with Gasteiger partial charge in [-0.3, -0.25) is 9.59 Å². The van der Waals surface area contributed by atoms with Gasteiger partial charge in [-0.05, 0) is 31.2 Å². The van der Waals surface area contributed by atoms with Gasteiger partial charge in [0.15, 0.2) is 5.69 Å². The number of rotatable bonds is 2. The zero-order valence-electron chi connectivity index (χ0n) is 12.7. The van der Waals surface area contributed by atoms with Crippen LogP contribution < -0.4 is 0 Å². The second-order valence-corrected chi connectivity index (χ2v) is 5.41. The minimum atomic E-state index is -0.375. The Morgan fingerprint density at radius 1 is 1.04 bits per heavy atom. The number of hydrogen-bond acceptors (Lipinski definition) is 4. The molecule has 0 N–H and O–H groups in total. The summed E-state index contributed by atoms with van der Waals surface area (Å²) in [5.74, 6) is -0.150. The van der Waals surface area contributed by atoms with Gasteiger partial charge in [-0.1, -0.05) is 5.16 Å². The Morgan fingerprint density at radius 2 is 1.61 bits per heavy atom. The van der Waals surface area contributed by atoms with E-state index in [4.69, 9.17) is 4.52 Å². The van der Waals surface area contributed by atoms with Crippen LogP contribution >= 0.6 is 0 Å². The Morgan fingerprint density at radius 3 is 2.13 bits per heavy atom. The predicted molar refractivity (Wildman–Crippen MR) is 79.4 cm³/mol. The lowest BCUT2D eigenvalue weighted by Gasteiger charge is -2.34. The van der Waals surface area contributed by atoms with Crippen LogP contribution in [0.4, 0.5) is 4.39 Å². The molecular formula is C16H16FN3O3. The van der Waals surface area contributed by atoms with Crippen molar-refractivity contribution in [2.24, 2.45) is 0 Å². The summed E-state index contributed by atoms with van der Waals surface area (Å²) >= 11 is 0. The molecule has 23 heavy (non-hydrogen) atoms. The Bertz CT molecular complexity index is 718. The molecule has 3 rings (SSSR count). The van der Waals surface area contributed by atoms with Crippen molar-refractivity contribution >= 4 is 11.8 Å². The minimum absolute atomic E-state index is 0.158. The maximum atomic E-state index is 12.9. The third-order valence-corrected chi connectivity index (χ3v) is 3.79. The Hall–Kier alpha value is -2.70. The van der Waals surface area contributed by atoms with Crippen LogP contribution in [0.2, 0.25) is 0 Å². The van der Waals surface area contributed by atoms with E-state index in [0.29, 0.717) is 37.5 Å². The van der Waals surface area contributed by atoms with Gasteiger partial charge in [0.05, 0.1) is 0 Å². The van der Waals surface area contributed by atoms with Gasteiger partial charge in [0, 0.05) is 37.8 Å². The second kappa shape index (κ2) is 6.20. The lowest BCUT2D eigenvalue weighted by molar-refractivity contribution is 0.0529. The van der Waals surface area contributed by atoms with Crippen molar-refractivity contribution in [1.29, 1.82) is 0 Å². The molecule has 0 atom stereocenters. The van der Waals surface area contributed by atoms with Crippen LogP contribution in [0.5, 0.6) is 0 Å². The Kier molecular flexibility index (Phi) is 4.10. The molecular weight excluding hydrogens is 301 g/mol. The molecule has 0 unspecified atom stereocenters. The van der Waals surface area contributed by atoms with E-state index >= 15 is 0 Å². The molecule has 1 aromatic heterocycles. The van der Waals surface area contributed by atoms with Gasteiger partial charge in [0.25, 0.3) is 11.8 Å². The molecule has 0 bridgehead atoms. The highest BCUT2D eigenvalue weighted by Gasteiger charge is 2.26. The molecule has 2 amide bonds. The zero-order chi connectivity index (χ0) is 16.4. The molecule has 1 saturated heterocycles. The number of aryl methyl sites for hydroxylation is 1. The molecule has 0 spiro atoms. The van der Waals surface area contributed by atoms with Crippen LogP contribution in [0.25, 0.3) is 0 Å². The molecule has 1 aliphatic heterocycles. The van der Waals surface area contributed by atoms with Crippen molar-refractivity contribution < 1.29 is 18.5 Å².